The van der Waals surface area contributed by atoms with Crippen molar-refractivity contribution in [2.24, 2.45) is 5.92 Å². The van der Waals surface area contributed by atoms with Gasteiger partial charge in [-0.2, -0.15) is 0 Å². The molecular weight excluding hydrogens is 460 g/mol. The van der Waals surface area contributed by atoms with E-state index in [-0.39, 0.29) is 5.82 Å². The minimum Gasteiger partial charge on any atom is -0.387 e. The number of aliphatic hydroxyl groups is 2. The molecule has 0 spiro atoms. The van der Waals surface area contributed by atoms with Crippen LogP contribution in [0, 0.1) is 12.8 Å². The second-order valence-corrected chi connectivity index (χ2v) is 10.3. The van der Waals surface area contributed by atoms with Gasteiger partial charge in [0.1, 0.15) is 36.0 Å². The average molecular weight is 493 g/mol. The first kappa shape index (κ1) is 23.3. The number of nitrogens with zero attached hydrogens (tertiary/aromatic N) is 6. The van der Waals surface area contributed by atoms with Crippen LogP contribution in [0.3, 0.4) is 0 Å². The predicted octanol–water partition coefficient (Wildman–Crippen LogP) is 1.56. The number of nitrogens with two attached hydrogens (primary N) is 1. The zero-order valence-corrected chi connectivity index (χ0v) is 20.4. The minimum absolute atomic E-state index is 0.262. The molecule has 5 N–H and O–H groups in total. The average Bonchev–Trinajstić information content (AvgIpc) is 3.50. The number of nitrogens with one attached hydrogen (secondary N) is 1. The lowest BCUT2D eigenvalue weighted by Gasteiger charge is -2.42. The number of benzene rings is 1. The summed E-state index contributed by atoms with van der Waals surface area (Å²) in [6, 6.07) is 6.74. The maximum atomic E-state index is 10.7. The minimum atomic E-state index is -1.10. The number of hydrogen-bond acceptors (Lipinski definition) is 9. The molecule has 3 aromatic heterocycles. The molecule has 1 aliphatic carbocycles. The first-order valence-electron chi connectivity index (χ1n) is 12.5. The van der Waals surface area contributed by atoms with Gasteiger partial charge in [0.25, 0.3) is 0 Å². The molecule has 11 nitrogen and oxygen atoms in total. The van der Waals surface area contributed by atoms with Crippen LogP contribution in [0.4, 0.5) is 5.82 Å². The number of aromatic amines is 1. The first-order chi connectivity index (χ1) is 17.4. The summed E-state index contributed by atoms with van der Waals surface area (Å²) in [6.07, 6.45) is 3.69. The van der Waals surface area contributed by atoms with Crippen molar-refractivity contribution in [1.29, 1.82) is 0 Å². The third-order valence-corrected chi connectivity index (χ3v) is 7.78. The van der Waals surface area contributed by atoms with Gasteiger partial charge in [-0.3, -0.25) is 4.57 Å². The van der Waals surface area contributed by atoms with Crippen molar-refractivity contribution in [3.8, 4) is 0 Å². The van der Waals surface area contributed by atoms with Crippen LogP contribution in [0.15, 0.2) is 30.9 Å². The van der Waals surface area contributed by atoms with Crippen molar-refractivity contribution >= 4 is 28.0 Å². The van der Waals surface area contributed by atoms with E-state index in [1.54, 1.807) is 4.57 Å². The van der Waals surface area contributed by atoms with Crippen molar-refractivity contribution < 1.29 is 14.9 Å². The molecule has 1 aromatic carbocycles. The fourth-order valence-corrected chi connectivity index (χ4v) is 5.52. The van der Waals surface area contributed by atoms with Crippen LogP contribution in [0.2, 0.25) is 0 Å². The molecule has 4 aromatic rings. The molecule has 1 saturated carbocycles. The van der Waals surface area contributed by atoms with Crippen LogP contribution in [-0.4, -0.2) is 82.5 Å². The van der Waals surface area contributed by atoms with E-state index in [9.17, 15) is 10.2 Å². The highest BCUT2D eigenvalue weighted by Crippen LogP contribution is 2.37. The Hall–Kier alpha value is -3.12. The standard InChI is InChI=1S/C25H32N8O3/c1-13-3-5-16-17(7-13)31-19(30-16)6-4-14-8-15(9-14)32(2)10-18-21(34)22(35)25(36-18)33-12-29-20-23(26)27-11-28-24(20)33/h3,5,7,11-12,14-15,18,21-22,25,34-35H,4,6,8-10H2,1-2H3,(H,30,31)(H2,26,27,28)/t14-,15-,18-,21-,22-,25-/m1/s1. The van der Waals surface area contributed by atoms with Gasteiger partial charge in [0.15, 0.2) is 17.7 Å². The molecule has 2 aliphatic rings. The molecule has 4 heterocycles. The van der Waals surface area contributed by atoms with Crippen molar-refractivity contribution in [3.05, 3.63) is 42.2 Å². The van der Waals surface area contributed by atoms with Crippen LogP contribution < -0.4 is 5.73 Å². The number of anilines is 1. The van der Waals surface area contributed by atoms with Gasteiger partial charge in [-0.25, -0.2) is 19.9 Å². The predicted molar refractivity (Wildman–Crippen MR) is 134 cm³/mol. The monoisotopic (exact) mass is 492 g/mol. The van der Waals surface area contributed by atoms with Gasteiger partial charge in [0.05, 0.1) is 17.4 Å². The van der Waals surface area contributed by atoms with Gasteiger partial charge in [0, 0.05) is 19.0 Å². The van der Waals surface area contributed by atoms with E-state index in [2.05, 4.69) is 57.0 Å². The van der Waals surface area contributed by atoms with Crippen molar-refractivity contribution in [2.75, 3.05) is 19.3 Å². The van der Waals surface area contributed by atoms with Gasteiger partial charge in [-0.05, 0) is 56.8 Å². The van der Waals surface area contributed by atoms with Crippen molar-refractivity contribution in [1.82, 2.24) is 34.4 Å². The summed E-state index contributed by atoms with van der Waals surface area (Å²) in [5, 5.41) is 21.4. The molecule has 11 heteroatoms. The number of aromatic nitrogens is 6. The molecule has 0 radical (unpaired) electrons. The topological polar surface area (TPSA) is 151 Å². The zero-order chi connectivity index (χ0) is 25.0. The third-order valence-electron chi connectivity index (χ3n) is 7.78. The number of rotatable bonds is 7. The highest BCUT2D eigenvalue weighted by atomic mass is 16.6. The third kappa shape index (κ3) is 4.11. The summed E-state index contributed by atoms with van der Waals surface area (Å²) in [4.78, 5) is 22.8. The lowest BCUT2D eigenvalue weighted by atomic mass is 9.76. The Morgan fingerprint density at radius 1 is 1.19 bits per heavy atom. The maximum Gasteiger partial charge on any atom is 0.167 e. The van der Waals surface area contributed by atoms with Crippen LogP contribution in [0.1, 0.15) is 36.9 Å². The Labute approximate surface area is 208 Å². The summed E-state index contributed by atoms with van der Waals surface area (Å²) in [5.74, 6) is 1.97. The Morgan fingerprint density at radius 3 is 2.86 bits per heavy atom. The normalized spacial score (nSPS) is 28.4. The second-order valence-electron chi connectivity index (χ2n) is 10.3. The number of fused-ring (bicyclic) bond motifs is 2. The van der Waals surface area contributed by atoms with Crippen LogP contribution >= 0.6 is 0 Å². The van der Waals surface area contributed by atoms with Crippen LogP contribution in [0.25, 0.3) is 22.2 Å². The molecule has 190 valence electrons. The molecule has 0 unspecified atom stereocenters. The molecule has 36 heavy (non-hydrogen) atoms. The van der Waals surface area contributed by atoms with E-state index < -0.39 is 24.5 Å². The summed E-state index contributed by atoms with van der Waals surface area (Å²) in [7, 11) is 2.05. The molecule has 1 aliphatic heterocycles. The lowest BCUT2D eigenvalue weighted by molar-refractivity contribution is -0.0514. The number of nitrogen functional groups attached to an aromatic ring is 1. The summed E-state index contributed by atoms with van der Waals surface area (Å²) >= 11 is 0. The molecule has 2 fully saturated rings. The largest absolute Gasteiger partial charge is 0.387 e. The fraction of sp³-hybridized carbons (Fsp3) is 0.520. The number of aliphatic hydroxyl groups excluding tert-OH is 2. The van der Waals surface area contributed by atoms with Crippen molar-refractivity contribution in [2.45, 2.75) is 63.2 Å². The number of imidazole rings is 2. The number of hydrogen-bond donors (Lipinski definition) is 4. The molecule has 6 rings (SSSR count). The Morgan fingerprint density at radius 2 is 2.03 bits per heavy atom. The van der Waals surface area contributed by atoms with E-state index in [4.69, 9.17) is 15.5 Å². The van der Waals surface area contributed by atoms with E-state index in [1.807, 2.05) is 0 Å². The summed E-state index contributed by atoms with van der Waals surface area (Å²) < 4.78 is 7.72. The van der Waals surface area contributed by atoms with Gasteiger partial charge in [-0.15, -0.1) is 0 Å². The quantitative estimate of drug-likeness (QED) is 0.301. The van der Waals surface area contributed by atoms with Gasteiger partial charge in [-0.1, -0.05) is 6.07 Å². The number of aryl methyl sites for hydroxylation is 2. The molecule has 1 saturated heterocycles. The van der Waals surface area contributed by atoms with E-state index in [0.29, 0.717) is 29.7 Å². The van der Waals surface area contributed by atoms with Crippen molar-refractivity contribution in [3.63, 3.8) is 0 Å². The van der Waals surface area contributed by atoms with E-state index >= 15 is 0 Å². The zero-order valence-electron chi connectivity index (χ0n) is 20.4. The van der Waals surface area contributed by atoms with Crippen LogP contribution in [-0.2, 0) is 11.2 Å². The van der Waals surface area contributed by atoms with E-state index in [1.165, 1.54) is 18.2 Å². The highest BCUT2D eigenvalue weighted by Gasteiger charge is 2.45. The number of likely N-dealkylation sites (N-methyl/N-ethyl adjacent to an activating group) is 1. The smallest absolute Gasteiger partial charge is 0.167 e. The Bertz CT molecular complexity index is 1380. The maximum absolute atomic E-state index is 10.7. The Kier molecular flexibility index (Phi) is 5.87. The fourth-order valence-electron chi connectivity index (χ4n) is 5.52. The van der Waals surface area contributed by atoms with Gasteiger partial charge in [0.2, 0.25) is 0 Å². The van der Waals surface area contributed by atoms with E-state index in [0.717, 1.165) is 42.5 Å². The second kappa shape index (κ2) is 9.07. The van der Waals surface area contributed by atoms with Gasteiger partial charge >= 0.3 is 0 Å². The molecular formula is C25H32N8O3. The molecule has 0 bridgehead atoms. The van der Waals surface area contributed by atoms with Gasteiger partial charge < -0.3 is 30.6 Å². The number of H-pyrrole nitrogens is 1. The summed E-state index contributed by atoms with van der Waals surface area (Å²) in [5.41, 5.74) is 10.1. The highest BCUT2D eigenvalue weighted by molar-refractivity contribution is 5.81. The molecule has 0 amide bonds. The lowest BCUT2D eigenvalue weighted by Crippen LogP contribution is -2.47. The first-order valence-corrected chi connectivity index (χ1v) is 12.5. The summed E-state index contributed by atoms with van der Waals surface area (Å²) in [6.45, 7) is 2.61. The SMILES string of the molecule is Cc1ccc2[nH]c(CC[C@H]3C[C@H](N(C)C[C@H]4O[C@@H](n5cnc6c(N)ncnc65)[C@H](O)[C@@H]4O)C3)nc2c1. The molecule has 4 atom stereocenters. The number of ether oxygens (including phenoxy) is 1. The Balaban J connectivity index is 1.02. The van der Waals surface area contributed by atoms with Crippen LogP contribution in [0.5, 0.6) is 0 Å².